The zero-order valence-electron chi connectivity index (χ0n) is 46.1. The van der Waals surface area contributed by atoms with E-state index in [1.807, 2.05) is 6.08 Å². The normalized spacial score (nSPS) is 12.6. The molecule has 0 spiro atoms. The summed E-state index contributed by atoms with van der Waals surface area (Å²) in [6, 6.07) is -0.624. The molecular weight excluding hydrogens is 839 g/mol. The van der Waals surface area contributed by atoms with E-state index >= 15 is 0 Å². The van der Waals surface area contributed by atoms with Crippen molar-refractivity contribution in [1.29, 1.82) is 0 Å². The highest BCUT2D eigenvalue weighted by Crippen LogP contribution is 2.18. The minimum absolute atomic E-state index is 0.0170. The Balaban J connectivity index is 3.36. The molecule has 6 nitrogen and oxygen atoms in total. The van der Waals surface area contributed by atoms with Crippen molar-refractivity contribution in [1.82, 2.24) is 5.32 Å². The van der Waals surface area contributed by atoms with Gasteiger partial charge in [0.05, 0.1) is 25.4 Å². The molecular formula is C62H121NO5. The van der Waals surface area contributed by atoms with Crippen molar-refractivity contribution in [3.63, 3.8) is 0 Å². The zero-order chi connectivity index (χ0) is 49.3. The molecule has 2 unspecified atom stereocenters. The molecule has 404 valence electrons. The average Bonchev–Trinajstić information content (AvgIpc) is 3.34. The Kier molecular flexibility index (Phi) is 57.0. The van der Waals surface area contributed by atoms with E-state index < -0.39 is 12.1 Å². The molecule has 0 rings (SSSR count). The maximum Gasteiger partial charge on any atom is 0.305 e. The van der Waals surface area contributed by atoms with E-state index in [2.05, 4.69) is 19.2 Å². The first-order chi connectivity index (χ1) is 33.5. The molecule has 0 fully saturated rings. The smallest absolute Gasteiger partial charge is 0.305 e. The first-order valence-electron chi connectivity index (χ1n) is 31.0. The van der Waals surface area contributed by atoms with Crippen LogP contribution in [0.3, 0.4) is 0 Å². The number of ether oxygens (including phenoxy) is 1. The van der Waals surface area contributed by atoms with Gasteiger partial charge in [0.15, 0.2) is 0 Å². The summed E-state index contributed by atoms with van der Waals surface area (Å²) in [5.74, 6) is -0.0469. The fourth-order valence-electron chi connectivity index (χ4n) is 9.81. The van der Waals surface area contributed by atoms with Gasteiger partial charge in [-0.1, -0.05) is 315 Å². The lowest BCUT2D eigenvalue weighted by molar-refractivity contribution is -0.143. The number of aliphatic hydroxyl groups is 2. The minimum atomic E-state index is -0.841. The molecule has 68 heavy (non-hydrogen) atoms. The zero-order valence-corrected chi connectivity index (χ0v) is 46.1. The van der Waals surface area contributed by atoms with E-state index in [9.17, 15) is 19.8 Å². The van der Waals surface area contributed by atoms with Crippen LogP contribution >= 0.6 is 0 Å². The molecule has 0 heterocycles. The van der Waals surface area contributed by atoms with Crippen molar-refractivity contribution in [2.24, 2.45) is 0 Å². The molecule has 6 heteroatoms. The molecule has 0 aromatic rings. The van der Waals surface area contributed by atoms with Crippen molar-refractivity contribution in [2.45, 2.75) is 360 Å². The lowest BCUT2D eigenvalue weighted by Crippen LogP contribution is -2.45. The first-order valence-corrected chi connectivity index (χ1v) is 31.0. The standard InChI is InChI=1S/C62H121NO5/c1-3-5-7-9-11-13-15-16-31-35-38-42-46-50-54-60(65)59(58-64)63-61(66)55-51-47-43-39-36-32-29-27-25-23-21-19-17-18-20-22-24-26-28-30-33-37-41-45-49-53-57-68-62(67)56-52-48-44-40-34-14-12-10-8-6-4-2/h50,54,59-60,64-65H,3-49,51-53,55-58H2,1-2H3,(H,63,66)/b54-50+. The van der Waals surface area contributed by atoms with Gasteiger partial charge in [0.25, 0.3) is 0 Å². The second-order valence-corrected chi connectivity index (χ2v) is 21.4. The number of rotatable bonds is 58. The Labute approximate surface area is 425 Å². The molecule has 0 aliphatic carbocycles. The van der Waals surface area contributed by atoms with E-state index in [4.69, 9.17) is 4.74 Å². The highest BCUT2D eigenvalue weighted by Gasteiger charge is 2.18. The largest absolute Gasteiger partial charge is 0.466 e. The van der Waals surface area contributed by atoms with Crippen LogP contribution in [0.1, 0.15) is 348 Å². The summed E-state index contributed by atoms with van der Waals surface area (Å²) in [6.07, 6.45) is 69.7. The Morgan fingerprint density at radius 1 is 0.397 bits per heavy atom. The molecule has 3 N–H and O–H groups in total. The molecule has 0 aromatic heterocycles. The SMILES string of the molecule is CCCCCCCCCCCCCC/C=C/C(O)C(CO)NC(=O)CCCCCCCCCCCCCCCCCCCCCCCCCCCCOC(=O)CCCCCCCCCCCCC. The van der Waals surface area contributed by atoms with Crippen LogP contribution in [-0.2, 0) is 14.3 Å². The number of esters is 1. The van der Waals surface area contributed by atoms with Gasteiger partial charge < -0.3 is 20.3 Å². The highest BCUT2D eigenvalue weighted by atomic mass is 16.5. The van der Waals surface area contributed by atoms with E-state index in [1.165, 1.54) is 283 Å². The number of allylic oxidation sites excluding steroid dienone is 1. The maximum atomic E-state index is 12.5. The number of amides is 1. The van der Waals surface area contributed by atoms with Crippen molar-refractivity contribution in [2.75, 3.05) is 13.2 Å². The molecule has 0 aromatic carbocycles. The van der Waals surface area contributed by atoms with Crippen LogP contribution in [0.25, 0.3) is 0 Å². The Morgan fingerprint density at radius 3 is 1.00 bits per heavy atom. The number of unbranched alkanes of at least 4 members (excludes halogenated alkanes) is 47. The van der Waals surface area contributed by atoms with Gasteiger partial charge in [0.2, 0.25) is 5.91 Å². The van der Waals surface area contributed by atoms with E-state index in [-0.39, 0.29) is 18.5 Å². The van der Waals surface area contributed by atoms with Crippen molar-refractivity contribution >= 4 is 11.9 Å². The fourth-order valence-corrected chi connectivity index (χ4v) is 9.81. The van der Waals surface area contributed by atoms with Gasteiger partial charge in [0, 0.05) is 12.8 Å². The van der Waals surface area contributed by atoms with Gasteiger partial charge in [-0.05, 0) is 32.1 Å². The van der Waals surface area contributed by atoms with Crippen molar-refractivity contribution in [3.05, 3.63) is 12.2 Å². The first kappa shape index (κ1) is 66.6. The number of hydrogen-bond acceptors (Lipinski definition) is 5. The lowest BCUT2D eigenvalue weighted by Gasteiger charge is -2.20. The predicted molar refractivity (Wildman–Crippen MR) is 297 cm³/mol. The molecule has 0 aliphatic heterocycles. The number of hydrogen-bond donors (Lipinski definition) is 3. The van der Waals surface area contributed by atoms with E-state index in [0.29, 0.717) is 19.4 Å². The second kappa shape index (κ2) is 58.2. The third kappa shape index (κ3) is 53.9. The fraction of sp³-hybridized carbons (Fsp3) is 0.935. The molecule has 0 radical (unpaired) electrons. The van der Waals surface area contributed by atoms with Gasteiger partial charge in [-0.2, -0.15) is 0 Å². The molecule has 0 saturated carbocycles. The van der Waals surface area contributed by atoms with Crippen LogP contribution < -0.4 is 5.32 Å². The Morgan fingerprint density at radius 2 is 0.676 bits per heavy atom. The summed E-state index contributed by atoms with van der Waals surface area (Å²) in [6.45, 7) is 4.92. The van der Waals surface area contributed by atoms with Gasteiger partial charge in [-0.25, -0.2) is 0 Å². The monoisotopic (exact) mass is 960 g/mol. The van der Waals surface area contributed by atoms with Crippen molar-refractivity contribution < 1.29 is 24.5 Å². The third-order valence-electron chi connectivity index (χ3n) is 14.6. The topological polar surface area (TPSA) is 95.9 Å². The quantitative estimate of drug-likeness (QED) is 0.0321. The summed E-state index contributed by atoms with van der Waals surface area (Å²) in [5, 5.41) is 23.1. The highest BCUT2D eigenvalue weighted by molar-refractivity contribution is 5.76. The third-order valence-corrected chi connectivity index (χ3v) is 14.6. The Bertz CT molecular complexity index is 1020. The van der Waals surface area contributed by atoms with Gasteiger partial charge in [0.1, 0.15) is 0 Å². The van der Waals surface area contributed by atoms with E-state index in [0.717, 1.165) is 38.5 Å². The Hall–Kier alpha value is -1.40. The van der Waals surface area contributed by atoms with Gasteiger partial charge >= 0.3 is 5.97 Å². The van der Waals surface area contributed by atoms with Crippen LogP contribution in [0.4, 0.5) is 0 Å². The minimum Gasteiger partial charge on any atom is -0.466 e. The summed E-state index contributed by atoms with van der Waals surface area (Å²) >= 11 is 0. The van der Waals surface area contributed by atoms with Crippen LogP contribution in [0.15, 0.2) is 12.2 Å². The summed E-state index contributed by atoms with van der Waals surface area (Å²) in [5.41, 5.74) is 0. The molecule has 0 saturated heterocycles. The number of carbonyl (C=O) groups excluding carboxylic acids is 2. The van der Waals surface area contributed by atoms with Crippen molar-refractivity contribution in [3.8, 4) is 0 Å². The predicted octanol–water partition coefficient (Wildman–Crippen LogP) is 19.2. The number of carbonyl (C=O) groups is 2. The van der Waals surface area contributed by atoms with Gasteiger partial charge in [-0.3, -0.25) is 9.59 Å². The summed E-state index contributed by atoms with van der Waals surface area (Å²) in [7, 11) is 0. The lowest BCUT2D eigenvalue weighted by atomic mass is 10.0. The van der Waals surface area contributed by atoms with E-state index in [1.54, 1.807) is 6.08 Å². The van der Waals surface area contributed by atoms with Crippen LogP contribution in [0.2, 0.25) is 0 Å². The summed E-state index contributed by atoms with van der Waals surface area (Å²) < 4.78 is 5.47. The van der Waals surface area contributed by atoms with Crippen LogP contribution in [0, 0.1) is 0 Å². The number of nitrogens with one attached hydrogen (secondary N) is 1. The molecule has 0 aliphatic rings. The second-order valence-electron chi connectivity index (χ2n) is 21.4. The van der Waals surface area contributed by atoms with Crippen LogP contribution in [0.5, 0.6) is 0 Å². The molecule has 0 bridgehead atoms. The van der Waals surface area contributed by atoms with Crippen LogP contribution in [-0.4, -0.2) is 47.4 Å². The van der Waals surface area contributed by atoms with Gasteiger partial charge in [-0.15, -0.1) is 0 Å². The maximum absolute atomic E-state index is 12.5. The summed E-state index contributed by atoms with van der Waals surface area (Å²) in [4.78, 5) is 24.5. The molecule has 2 atom stereocenters. The molecule has 1 amide bonds. The number of aliphatic hydroxyl groups excluding tert-OH is 2. The average molecular weight is 961 g/mol.